The zero-order valence-electron chi connectivity index (χ0n) is 12.8. The van der Waals surface area contributed by atoms with Crippen LogP contribution < -0.4 is 5.32 Å². The fraction of sp³-hybridized carbons (Fsp3) is 0.562. The Bertz CT molecular complexity index is 397. The van der Waals surface area contributed by atoms with E-state index in [9.17, 15) is 4.79 Å². The van der Waals surface area contributed by atoms with Gasteiger partial charge in [0.05, 0.1) is 12.0 Å². The predicted molar refractivity (Wildman–Crippen MR) is 79.5 cm³/mol. The molecule has 1 aromatic rings. The summed E-state index contributed by atoms with van der Waals surface area (Å²) in [6.07, 6.45) is -0.388. The van der Waals surface area contributed by atoms with E-state index >= 15 is 0 Å². The van der Waals surface area contributed by atoms with E-state index in [4.69, 9.17) is 9.47 Å². The Morgan fingerprint density at radius 2 is 1.70 bits per heavy atom. The monoisotopic (exact) mass is 279 g/mol. The summed E-state index contributed by atoms with van der Waals surface area (Å²) in [7, 11) is 0. The van der Waals surface area contributed by atoms with Crippen molar-refractivity contribution in [2.45, 2.75) is 39.4 Å². The van der Waals surface area contributed by atoms with Crippen molar-refractivity contribution in [1.29, 1.82) is 0 Å². The van der Waals surface area contributed by atoms with E-state index < -0.39 is 5.41 Å². The first kappa shape index (κ1) is 16.7. The smallest absolute Gasteiger partial charge is 0.230 e. The number of amides is 1. The van der Waals surface area contributed by atoms with Gasteiger partial charge in [-0.1, -0.05) is 30.3 Å². The van der Waals surface area contributed by atoms with E-state index in [0.717, 1.165) is 5.56 Å². The topological polar surface area (TPSA) is 47.6 Å². The van der Waals surface area contributed by atoms with Gasteiger partial charge in [-0.05, 0) is 33.3 Å². The van der Waals surface area contributed by atoms with Crippen LogP contribution in [0.2, 0.25) is 0 Å². The van der Waals surface area contributed by atoms with Gasteiger partial charge in [0.2, 0.25) is 5.91 Å². The standard InChI is InChI=1S/C16H25NO3/c1-5-19-14(20-6-2)12-17-15(18)16(3,4)13-10-8-7-9-11-13/h7-11,14H,5-6,12H2,1-4H3,(H,17,18). The van der Waals surface area contributed by atoms with Crippen molar-refractivity contribution >= 4 is 5.91 Å². The molecule has 1 rings (SSSR count). The summed E-state index contributed by atoms with van der Waals surface area (Å²) < 4.78 is 10.8. The molecule has 1 aromatic carbocycles. The first-order valence-corrected chi connectivity index (χ1v) is 7.09. The minimum atomic E-state index is -0.579. The fourth-order valence-electron chi connectivity index (χ4n) is 1.92. The van der Waals surface area contributed by atoms with Gasteiger partial charge in [0.15, 0.2) is 6.29 Å². The molecule has 112 valence electrons. The molecule has 0 aliphatic rings. The van der Waals surface area contributed by atoms with Gasteiger partial charge in [-0.2, -0.15) is 0 Å². The highest BCUT2D eigenvalue weighted by Gasteiger charge is 2.29. The molecule has 0 spiro atoms. The second-order valence-electron chi connectivity index (χ2n) is 5.04. The third kappa shape index (κ3) is 4.62. The number of carbonyl (C=O) groups is 1. The van der Waals surface area contributed by atoms with Gasteiger partial charge in [0.1, 0.15) is 0 Å². The Kier molecular flexibility index (Phi) is 6.68. The van der Waals surface area contributed by atoms with Crippen LogP contribution in [-0.4, -0.2) is 32.0 Å². The van der Waals surface area contributed by atoms with E-state index in [1.54, 1.807) is 0 Å². The fourth-order valence-corrected chi connectivity index (χ4v) is 1.92. The molecule has 0 fully saturated rings. The number of rotatable bonds is 8. The van der Waals surface area contributed by atoms with Gasteiger partial charge < -0.3 is 14.8 Å². The molecular formula is C16H25NO3. The summed E-state index contributed by atoms with van der Waals surface area (Å²) in [5, 5.41) is 2.90. The SMILES string of the molecule is CCOC(CNC(=O)C(C)(C)c1ccccc1)OCC. The highest BCUT2D eigenvalue weighted by molar-refractivity contribution is 5.87. The summed E-state index contributed by atoms with van der Waals surface area (Å²) in [6, 6.07) is 9.74. The van der Waals surface area contributed by atoms with E-state index in [1.807, 2.05) is 58.0 Å². The van der Waals surface area contributed by atoms with Crippen molar-refractivity contribution in [3.8, 4) is 0 Å². The first-order valence-electron chi connectivity index (χ1n) is 7.09. The van der Waals surface area contributed by atoms with Gasteiger partial charge in [-0.25, -0.2) is 0 Å². The molecule has 20 heavy (non-hydrogen) atoms. The molecule has 0 aliphatic carbocycles. The van der Waals surface area contributed by atoms with Crippen LogP contribution in [0.15, 0.2) is 30.3 Å². The third-order valence-electron chi connectivity index (χ3n) is 3.20. The number of hydrogen-bond acceptors (Lipinski definition) is 3. The van der Waals surface area contributed by atoms with E-state index in [2.05, 4.69) is 5.32 Å². The highest BCUT2D eigenvalue weighted by atomic mass is 16.7. The second-order valence-corrected chi connectivity index (χ2v) is 5.04. The molecular weight excluding hydrogens is 254 g/mol. The highest BCUT2D eigenvalue weighted by Crippen LogP contribution is 2.22. The summed E-state index contributed by atoms with van der Waals surface area (Å²) in [4.78, 5) is 12.4. The van der Waals surface area contributed by atoms with Gasteiger partial charge in [-0.3, -0.25) is 4.79 Å². The van der Waals surface area contributed by atoms with Gasteiger partial charge in [0, 0.05) is 13.2 Å². The van der Waals surface area contributed by atoms with Crippen LogP contribution in [0.5, 0.6) is 0 Å². The summed E-state index contributed by atoms with van der Waals surface area (Å²) in [6.45, 7) is 9.10. The Hall–Kier alpha value is -1.39. The second kappa shape index (κ2) is 8.02. The molecule has 4 nitrogen and oxygen atoms in total. The van der Waals surface area contributed by atoms with Gasteiger partial charge in [-0.15, -0.1) is 0 Å². The number of ether oxygens (including phenoxy) is 2. The molecule has 0 aromatic heterocycles. The largest absolute Gasteiger partial charge is 0.351 e. The normalized spacial score (nSPS) is 11.7. The predicted octanol–water partition coefficient (Wildman–Crippen LogP) is 2.48. The Labute approximate surface area is 121 Å². The minimum Gasteiger partial charge on any atom is -0.351 e. The molecule has 0 bridgehead atoms. The maximum Gasteiger partial charge on any atom is 0.230 e. The third-order valence-corrected chi connectivity index (χ3v) is 3.20. The summed E-state index contributed by atoms with van der Waals surface area (Å²) >= 11 is 0. The number of benzene rings is 1. The molecule has 4 heteroatoms. The van der Waals surface area contributed by atoms with Crippen LogP contribution in [0.3, 0.4) is 0 Å². The van der Waals surface area contributed by atoms with E-state index in [0.29, 0.717) is 19.8 Å². The van der Waals surface area contributed by atoms with Crippen molar-refractivity contribution in [3.63, 3.8) is 0 Å². The molecule has 1 N–H and O–H groups in total. The average molecular weight is 279 g/mol. The molecule has 0 unspecified atom stereocenters. The molecule has 0 heterocycles. The molecule has 0 atom stereocenters. The summed E-state index contributed by atoms with van der Waals surface area (Å²) in [5.74, 6) is -0.0342. The van der Waals surface area contributed by atoms with Crippen LogP contribution in [-0.2, 0) is 19.7 Å². The van der Waals surface area contributed by atoms with Crippen molar-refractivity contribution in [2.24, 2.45) is 0 Å². The van der Waals surface area contributed by atoms with Crippen molar-refractivity contribution < 1.29 is 14.3 Å². The van der Waals surface area contributed by atoms with E-state index in [1.165, 1.54) is 0 Å². The van der Waals surface area contributed by atoms with E-state index in [-0.39, 0.29) is 12.2 Å². The molecule has 1 amide bonds. The Morgan fingerprint density at radius 3 is 2.20 bits per heavy atom. The van der Waals surface area contributed by atoms with Crippen LogP contribution in [0, 0.1) is 0 Å². The lowest BCUT2D eigenvalue weighted by Gasteiger charge is -2.26. The maximum absolute atomic E-state index is 12.4. The van der Waals surface area contributed by atoms with Crippen LogP contribution in [0.1, 0.15) is 33.3 Å². The van der Waals surface area contributed by atoms with Crippen molar-refractivity contribution in [1.82, 2.24) is 5.32 Å². The van der Waals surface area contributed by atoms with Crippen LogP contribution >= 0.6 is 0 Å². The van der Waals surface area contributed by atoms with Gasteiger partial charge >= 0.3 is 0 Å². The van der Waals surface area contributed by atoms with Gasteiger partial charge in [0.25, 0.3) is 0 Å². The lowest BCUT2D eigenvalue weighted by atomic mass is 9.84. The van der Waals surface area contributed by atoms with Crippen molar-refractivity contribution in [2.75, 3.05) is 19.8 Å². The van der Waals surface area contributed by atoms with Crippen LogP contribution in [0.4, 0.5) is 0 Å². The molecule has 0 saturated heterocycles. The molecule has 0 radical (unpaired) electrons. The lowest BCUT2D eigenvalue weighted by Crippen LogP contribution is -2.44. The summed E-state index contributed by atoms with van der Waals surface area (Å²) in [5.41, 5.74) is 0.409. The maximum atomic E-state index is 12.4. The lowest BCUT2D eigenvalue weighted by molar-refractivity contribution is -0.142. The zero-order valence-corrected chi connectivity index (χ0v) is 12.8. The Balaban J connectivity index is 2.61. The average Bonchev–Trinajstić information content (AvgIpc) is 2.45. The zero-order chi connectivity index (χ0) is 15.0. The minimum absolute atomic E-state index is 0.0342. The molecule has 0 aliphatic heterocycles. The first-order chi connectivity index (χ1) is 9.52. The number of hydrogen-bond donors (Lipinski definition) is 1. The number of nitrogens with one attached hydrogen (secondary N) is 1. The number of carbonyl (C=O) groups excluding carboxylic acids is 1. The van der Waals surface area contributed by atoms with Crippen molar-refractivity contribution in [3.05, 3.63) is 35.9 Å². The molecule has 0 saturated carbocycles. The Morgan fingerprint density at radius 1 is 1.15 bits per heavy atom. The quantitative estimate of drug-likeness (QED) is 0.744. The van der Waals surface area contributed by atoms with Crippen LogP contribution in [0.25, 0.3) is 0 Å².